The maximum Gasteiger partial charge on any atom is 0.241 e. The lowest BCUT2D eigenvalue weighted by atomic mass is 9.99. The molecule has 1 aliphatic heterocycles. The zero-order valence-electron chi connectivity index (χ0n) is 10.3. The van der Waals surface area contributed by atoms with E-state index in [0.717, 1.165) is 38.1 Å². The molecule has 1 heterocycles. The molecule has 0 amide bonds. The van der Waals surface area contributed by atoms with Gasteiger partial charge in [-0.2, -0.15) is 0 Å². The van der Waals surface area contributed by atoms with Gasteiger partial charge in [0.25, 0.3) is 0 Å². The van der Waals surface area contributed by atoms with Crippen molar-refractivity contribution in [2.24, 2.45) is 5.92 Å². The number of hydrogen-bond donors (Lipinski definition) is 2. The summed E-state index contributed by atoms with van der Waals surface area (Å²) in [6.07, 6.45) is 1.93. The highest BCUT2D eigenvalue weighted by Crippen LogP contribution is 2.23. The van der Waals surface area contributed by atoms with Crippen LogP contribution in [0.3, 0.4) is 0 Å². The van der Waals surface area contributed by atoms with Crippen LogP contribution in [0.15, 0.2) is 27.6 Å². The molecule has 19 heavy (non-hydrogen) atoms. The van der Waals surface area contributed by atoms with E-state index in [1.165, 1.54) is 6.07 Å². The van der Waals surface area contributed by atoms with Crippen LogP contribution in [0.5, 0.6) is 0 Å². The molecule has 7 heteroatoms. The minimum absolute atomic E-state index is 0.0721. The Morgan fingerprint density at radius 1 is 1.37 bits per heavy atom. The number of halogens is 2. The van der Waals surface area contributed by atoms with E-state index in [-0.39, 0.29) is 9.37 Å². The van der Waals surface area contributed by atoms with Crippen LogP contribution in [-0.4, -0.2) is 28.1 Å². The van der Waals surface area contributed by atoms with Crippen molar-refractivity contribution in [1.29, 1.82) is 0 Å². The molecule has 1 saturated heterocycles. The van der Waals surface area contributed by atoms with Gasteiger partial charge in [-0.1, -0.05) is 0 Å². The summed E-state index contributed by atoms with van der Waals surface area (Å²) < 4.78 is 40.1. The van der Waals surface area contributed by atoms with Crippen LogP contribution < -0.4 is 10.0 Å². The normalized spacial score (nSPS) is 17.6. The Balaban J connectivity index is 2.05. The van der Waals surface area contributed by atoms with E-state index in [4.69, 9.17) is 0 Å². The molecule has 0 unspecified atom stereocenters. The molecule has 0 atom stereocenters. The van der Waals surface area contributed by atoms with Gasteiger partial charge in [-0.15, -0.1) is 0 Å². The number of benzene rings is 1. The van der Waals surface area contributed by atoms with Gasteiger partial charge < -0.3 is 5.32 Å². The number of hydrogen-bond acceptors (Lipinski definition) is 3. The van der Waals surface area contributed by atoms with E-state index < -0.39 is 15.8 Å². The second-order valence-electron chi connectivity index (χ2n) is 4.62. The summed E-state index contributed by atoms with van der Waals surface area (Å²) in [5.74, 6) is -0.112. The van der Waals surface area contributed by atoms with Crippen molar-refractivity contribution in [1.82, 2.24) is 10.0 Å². The van der Waals surface area contributed by atoms with Crippen LogP contribution in [0.4, 0.5) is 4.39 Å². The third-order valence-corrected chi connectivity index (χ3v) is 5.60. The third kappa shape index (κ3) is 3.98. The molecular formula is C12H16BrFN2O2S. The highest BCUT2D eigenvalue weighted by atomic mass is 79.9. The first kappa shape index (κ1) is 14.9. The van der Waals surface area contributed by atoms with Crippen molar-refractivity contribution in [3.63, 3.8) is 0 Å². The topological polar surface area (TPSA) is 58.2 Å². The first-order chi connectivity index (χ1) is 8.99. The van der Waals surface area contributed by atoms with Crippen LogP contribution >= 0.6 is 15.9 Å². The molecule has 0 aliphatic carbocycles. The van der Waals surface area contributed by atoms with Crippen molar-refractivity contribution in [2.75, 3.05) is 19.6 Å². The summed E-state index contributed by atoms with van der Waals surface area (Å²) in [5.41, 5.74) is 0. The summed E-state index contributed by atoms with van der Waals surface area (Å²) in [6, 6.07) is 3.56. The predicted molar refractivity (Wildman–Crippen MR) is 74.9 cm³/mol. The van der Waals surface area contributed by atoms with Crippen molar-refractivity contribution >= 4 is 26.0 Å². The van der Waals surface area contributed by atoms with Crippen LogP contribution in [0.2, 0.25) is 0 Å². The molecule has 2 N–H and O–H groups in total. The first-order valence-electron chi connectivity index (χ1n) is 6.14. The van der Waals surface area contributed by atoms with Gasteiger partial charge in [0, 0.05) is 11.0 Å². The molecule has 0 spiro atoms. The van der Waals surface area contributed by atoms with Crippen LogP contribution in [0, 0.1) is 11.7 Å². The molecule has 0 aromatic heterocycles. The van der Waals surface area contributed by atoms with Gasteiger partial charge in [0.05, 0.1) is 4.90 Å². The molecule has 2 rings (SSSR count). The maximum atomic E-state index is 13.0. The zero-order chi connectivity index (χ0) is 13.9. The Labute approximate surface area is 121 Å². The lowest BCUT2D eigenvalue weighted by Gasteiger charge is -2.22. The van der Waals surface area contributed by atoms with Gasteiger partial charge in [0.15, 0.2) is 0 Å². The van der Waals surface area contributed by atoms with Gasteiger partial charge in [-0.3, -0.25) is 0 Å². The van der Waals surface area contributed by atoms with Gasteiger partial charge in [-0.05, 0) is 66.0 Å². The molecule has 1 aromatic carbocycles. The molecule has 106 valence electrons. The Morgan fingerprint density at radius 3 is 2.68 bits per heavy atom. The molecule has 0 bridgehead atoms. The van der Waals surface area contributed by atoms with E-state index >= 15 is 0 Å². The van der Waals surface area contributed by atoms with Crippen molar-refractivity contribution in [2.45, 2.75) is 17.7 Å². The highest BCUT2D eigenvalue weighted by molar-refractivity contribution is 9.10. The number of nitrogens with one attached hydrogen (secondary N) is 2. The minimum Gasteiger partial charge on any atom is -0.317 e. The average Bonchev–Trinajstić information content (AvgIpc) is 2.37. The predicted octanol–water partition coefficient (Wildman–Crippen LogP) is 1.87. The van der Waals surface area contributed by atoms with Gasteiger partial charge in [-0.25, -0.2) is 17.5 Å². The number of rotatable bonds is 4. The lowest BCUT2D eigenvalue weighted by molar-refractivity contribution is 0.372. The number of sulfonamides is 1. The minimum atomic E-state index is -3.59. The van der Waals surface area contributed by atoms with Gasteiger partial charge in [0.2, 0.25) is 10.0 Å². The van der Waals surface area contributed by atoms with Gasteiger partial charge >= 0.3 is 0 Å². The zero-order valence-corrected chi connectivity index (χ0v) is 12.7. The SMILES string of the molecule is O=S(=O)(NCC1CCNCC1)c1ccc(F)cc1Br. The quantitative estimate of drug-likeness (QED) is 0.871. The Kier molecular flexibility index (Phi) is 4.94. The van der Waals surface area contributed by atoms with E-state index in [0.29, 0.717) is 12.5 Å². The highest BCUT2D eigenvalue weighted by Gasteiger charge is 2.20. The fraction of sp³-hybridized carbons (Fsp3) is 0.500. The fourth-order valence-electron chi connectivity index (χ4n) is 2.08. The molecule has 1 aliphatic rings. The molecule has 4 nitrogen and oxygen atoms in total. The fourth-order valence-corrected chi connectivity index (χ4v) is 4.25. The van der Waals surface area contributed by atoms with Crippen molar-refractivity contribution in [3.05, 3.63) is 28.5 Å². The number of piperidine rings is 1. The van der Waals surface area contributed by atoms with Crippen LogP contribution in [-0.2, 0) is 10.0 Å². The van der Waals surface area contributed by atoms with Crippen molar-refractivity contribution in [3.8, 4) is 0 Å². The second-order valence-corrected chi connectivity index (χ2v) is 7.21. The van der Waals surface area contributed by atoms with E-state index in [1.807, 2.05) is 0 Å². The van der Waals surface area contributed by atoms with Crippen molar-refractivity contribution < 1.29 is 12.8 Å². The van der Waals surface area contributed by atoms with Crippen LogP contribution in [0.1, 0.15) is 12.8 Å². The summed E-state index contributed by atoms with van der Waals surface area (Å²) in [4.78, 5) is 0.0721. The molecule has 1 aromatic rings. The monoisotopic (exact) mass is 350 g/mol. The van der Waals surface area contributed by atoms with Gasteiger partial charge in [0.1, 0.15) is 5.82 Å². The first-order valence-corrected chi connectivity index (χ1v) is 8.42. The molecular weight excluding hydrogens is 335 g/mol. The Morgan fingerprint density at radius 2 is 2.05 bits per heavy atom. The summed E-state index contributed by atoms with van der Waals surface area (Å²) in [6.45, 7) is 2.27. The van der Waals surface area contributed by atoms with E-state index in [1.54, 1.807) is 0 Å². The summed E-state index contributed by atoms with van der Waals surface area (Å²) in [7, 11) is -3.59. The summed E-state index contributed by atoms with van der Waals surface area (Å²) >= 11 is 3.08. The maximum absolute atomic E-state index is 13.0. The second kappa shape index (κ2) is 6.30. The Bertz CT molecular complexity index is 545. The molecule has 0 saturated carbocycles. The van der Waals surface area contributed by atoms with Crippen LogP contribution in [0.25, 0.3) is 0 Å². The average molecular weight is 351 g/mol. The standard InChI is InChI=1S/C12H16BrFN2O2S/c13-11-7-10(14)1-2-12(11)19(17,18)16-8-9-3-5-15-6-4-9/h1-2,7,9,15-16H,3-6,8H2. The Hall–Kier alpha value is -0.500. The summed E-state index contributed by atoms with van der Waals surface area (Å²) in [5, 5.41) is 3.23. The molecule has 1 fully saturated rings. The largest absolute Gasteiger partial charge is 0.317 e. The third-order valence-electron chi connectivity index (χ3n) is 3.20. The van der Waals surface area contributed by atoms with E-state index in [9.17, 15) is 12.8 Å². The smallest absolute Gasteiger partial charge is 0.241 e. The lowest BCUT2D eigenvalue weighted by Crippen LogP contribution is -2.36. The van der Waals surface area contributed by atoms with E-state index in [2.05, 4.69) is 26.0 Å². The molecule has 0 radical (unpaired) electrons.